The van der Waals surface area contributed by atoms with Crippen LogP contribution in [0.4, 0.5) is 4.39 Å². The maximum atomic E-state index is 13.5. The van der Waals surface area contributed by atoms with Crippen LogP contribution in [0.5, 0.6) is 5.75 Å². The van der Waals surface area contributed by atoms with Gasteiger partial charge in [0.25, 0.3) is 5.56 Å². The number of hydrogen-bond donors (Lipinski definition) is 0. The van der Waals surface area contributed by atoms with Crippen molar-refractivity contribution < 1.29 is 9.13 Å². The molecule has 0 saturated carbocycles. The molecule has 4 heterocycles. The molecule has 0 spiro atoms. The highest BCUT2D eigenvalue weighted by atomic mass is 32.2. The summed E-state index contributed by atoms with van der Waals surface area (Å²) in [5.41, 5.74) is 1.43. The summed E-state index contributed by atoms with van der Waals surface area (Å²) in [5, 5.41) is 11.4. The fraction of sp³-hybridized carbons (Fsp3) is 0.0909. The lowest BCUT2D eigenvalue weighted by Crippen LogP contribution is -2.15. The summed E-state index contributed by atoms with van der Waals surface area (Å²) in [6, 6.07) is 15.8. The minimum absolute atomic E-state index is 0.337. The van der Waals surface area contributed by atoms with E-state index in [1.165, 1.54) is 34.4 Å². The fourth-order valence-electron chi connectivity index (χ4n) is 3.30. The first-order valence-corrected chi connectivity index (χ1v) is 11.4. The Bertz CT molecular complexity index is 1460. The van der Waals surface area contributed by atoms with Crippen molar-refractivity contribution >= 4 is 28.7 Å². The number of pyridine rings is 1. The summed E-state index contributed by atoms with van der Waals surface area (Å²) in [6.45, 7) is 0. The van der Waals surface area contributed by atoms with E-state index in [-0.39, 0.29) is 5.56 Å². The van der Waals surface area contributed by atoms with Crippen LogP contribution in [-0.2, 0) is 5.75 Å². The van der Waals surface area contributed by atoms with E-state index in [1.54, 1.807) is 18.4 Å². The van der Waals surface area contributed by atoms with Crippen molar-refractivity contribution in [2.45, 2.75) is 10.9 Å². The van der Waals surface area contributed by atoms with Crippen molar-refractivity contribution in [3.63, 3.8) is 0 Å². The number of hydrogen-bond acceptors (Lipinski definition) is 7. The smallest absolute Gasteiger partial charge is 0.258 e. The second kappa shape index (κ2) is 8.56. The highest BCUT2D eigenvalue weighted by Gasteiger charge is 2.20. The van der Waals surface area contributed by atoms with Crippen molar-refractivity contribution in [3.05, 3.63) is 88.0 Å². The Balaban J connectivity index is 1.54. The van der Waals surface area contributed by atoms with Crippen LogP contribution in [-0.4, -0.2) is 31.3 Å². The van der Waals surface area contributed by atoms with Gasteiger partial charge in [-0.2, -0.15) is 0 Å². The lowest BCUT2D eigenvalue weighted by molar-refractivity contribution is 0.412. The summed E-state index contributed by atoms with van der Waals surface area (Å²) < 4.78 is 22.2. The minimum atomic E-state index is -0.491. The molecule has 0 fully saturated rings. The molecule has 0 aliphatic carbocycles. The molecule has 0 radical (unpaired) electrons. The van der Waals surface area contributed by atoms with Gasteiger partial charge in [-0.1, -0.05) is 30.0 Å². The van der Waals surface area contributed by atoms with Crippen molar-refractivity contribution in [2.75, 3.05) is 7.11 Å². The molecule has 0 atom stereocenters. The molecule has 0 saturated heterocycles. The zero-order valence-electron chi connectivity index (χ0n) is 16.8. The van der Waals surface area contributed by atoms with Crippen LogP contribution >= 0.6 is 23.1 Å². The number of nitrogens with zero attached hydrogens (tertiary/aromatic N) is 5. The number of aromatic nitrogens is 5. The maximum Gasteiger partial charge on any atom is 0.258 e. The molecule has 4 aromatic heterocycles. The standard InChI is InChI=1S/C22H16FN5O2S2/c1-30-17-6-3-2-5-16(17)28-21(18-7-4-10-31-18)25-26-22(28)32-13-15-11-20(29)27-12-14(23)8-9-19(27)24-15/h2-12H,13H2,1H3. The number of ether oxygens (including phenoxy) is 1. The van der Waals surface area contributed by atoms with E-state index in [9.17, 15) is 9.18 Å². The zero-order valence-corrected chi connectivity index (χ0v) is 18.4. The molecule has 0 N–H and O–H groups in total. The van der Waals surface area contributed by atoms with E-state index in [1.807, 2.05) is 46.3 Å². The Morgan fingerprint density at radius 3 is 2.81 bits per heavy atom. The number of benzene rings is 1. The summed E-state index contributed by atoms with van der Waals surface area (Å²) >= 11 is 2.98. The molecule has 160 valence electrons. The van der Waals surface area contributed by atoms with Crippen LogP contribution < -0.4 is 10.3 Å². The summed E-state index contributed by atoms with van der Waals surface area (Å²) in [4.78, 5) is 17.8. The van der Waals surface area contributed by atoms with Crippen LogP contribution in [0, 0.1) is 5.82 Å². The van der Waals surface area contributed by atoms with E-state index in [0.29, 0.717) is 33.8 Å². The molecule has 0 aliphatic rings. The molecule has 5 aromatic rings. The predicted octanol–water partition coefficient (Wildman–Crippen LogP) is 4.44. The summed E-state index contributed by atoms with van der Waals surface area (Å²) in [5.74, 6) is 1.29. The van der Waals surface area contributed by atoms with Gasteiger partial charge in [0.2, 0.25) is 0 Å². The van der Waals surface area contributed by atoms with Gasteiger partial charge in [-0.3, -0.25) is 13.8 Å². The molecule has 7 nitrogen and oxygen atoms in total. The van der Waals surface area contributed by atoms with Gasteiger partial charge in [0, 0.05) is 18.0 Å². The summed E-state index contributed by atoms with van der Waals surface area (Å²) in [6.07, 6.45) is 1.13. The predicted molar refractivity (Wildman–Crippen MR) is 122 cm³/mol. The molecular formula is C22H16FN5O2S2. The SMILES string of the molecule is COc1ccccc1-n1c(SCc2cc(=O)n3cc(F)ccc3n2)nnc1-c1cccs1. The van der Waals surface area contributed by atoms with Gasteiger partial charge >= 0.3 is 0 Å². The lowest BCUT2D eigenvalue weighted by Gasteiger charge is -2.13. The van der Waals surface area contributed by atoms with Crippen molar-refractivity contribution in [1.82, 2.24) is 24.1 Å². The first-order valence-electron chi connectivity index (χ1n) is 9.57. The highest BCUT2D eigenvalue weighted by Crippen LogP contribution is 2.34. The van der Waals surface area contributed by atoms with E-state index < -0.39 is 5.82 Å². The van der Waals surface area contributed by atoms with Crippen LogP contribution in [0.15, 0.2) is 76.1 Å². The van der Waals surface area contributed by atoms with E-state index in [0.717, 1.165) is 16.8 Å². The van der Waals surface area contributed by atoms with Gasteiger partial charge in [0.15, 0.2) is 11.0 Å². The van der Waals surface area contributed by atoms with Gasteiger partial charge < -0.3 is 4.74 Å². The first-order chi connectivity index (χ1) is 15.6. The van der Waals surface area contributed by atoms with Gasteiger partial charge in [-0.05, 0) is 35.7 Å². The monoisotopic (exact) mass is 465 g/mol. The van der Waals surface area contributed by atoms with Crippen molar-refractivity contribution in [3.8, 4) is 22.1 Å². The van der Waals surface area contributed by atoms with E-state index in [4.69, 9.17) is 4.74 Å². The number of thioether (sulfide) groups is 1. The Labute approximate surface area is 190 Å². The Hall–Kier alpha value is -3.50. The third kappa shape index (κ3) is 3.78. The van der Waals surface area contributed by atoms with Crippen molar-refractivity contribution in [1.29, 1.82) is 0 Å². The fourth-order valence-corrected chi connectivity index (χ4v) is 4.83. The quantitative estimate of drug-likeness (QED) is 0.345. The number of rotatable bonds is 6. The average molecular weight is 466 g/mol. The molecule has 0 aliphatic heterocycles. The van der Waals surface area contributed by atoms with E-state index >= 15 is 0 Å². The summed E-state index contributed by atoms with van der Waals surface area (Å²) in [7, 11) is 1.62. The van der Waals surface area contributed by atoms with Gasteiger partial charge in [-0.15, -0.1) is 21.5 Å². The van der Waals surface area contributed by atoms with Gasteiger partial charge in [0.05, 0.1) is 23.4 Å². The van der Waals surface area contributed by atoms with E-state index in [2.05, 4.69) is 15.2 Å². The Kier molecular flexibility index (Phi) is 5.46. The molecule has 32 heavy (non-hydrogen) atoms. The Morgan fingerprint density at radius 2 is 2.00 bits per heavy atom. The highest BCUT2D eigenvalue weighted by molar-refractivity contribution is 7.98. The maximum absolute atomic E-state index is 13.5. The topological polar surface area (TPSA) is 74.3 Å². The number of fused-ring (bicyclic) bond motifs is 1. The third-order valence-electron chi connectivity index (χ3n) is 4.73. The molecule has 10 heteroatoms. The first kappa shape index (κ1) is 20.4. The van der Waals surface area contributed by atoms with Crippen LogP contribution in [0.2, 0.25) is 0 Å². The number of methoxy groups -OCH3 is 1. The largest absolute Gasteiger partial charge is 0.495 e. The Morgan fingerprint density at radius 1 is 1.12 bits per heavy atom. The second-order valence-electron chi connectivity index (χ2n) is 6.74. The normalized spacial score (nSPS) is 11.2. The van der Waals surface area contributed by atoms with Crippen LogP contribution in [0.1, 0.15) is 5.69 Å². The number of para-hydroxylation sites is 2. The zero-order chi connectivity index (χ0) is 22.1. The molecule has 5 rings (SSSR count). The molecule has 0 amide bonds. The van der Waals surface area contributed by atoms with Gasteiger partial charge in [-0.25, -0.2) is 9.37 Å². The minimum Gasteiger partial charge on any atom is -0.495 e. The number of thiophene rings is 1. The second-order valence-corrected chi connectivity index (χ2v) is 8.63. The molecule has 0 bridgehead atoms. The van der Waals surface area contributed by atoms with Crippen molar-refractivity contribution in [2.24, 2.45) is 0 Å². The van der Waals surface area contributed by atoms with Crippen LogP contribution in [0.25, 0.3) is 22.0 Å². The lowest BCUT2D eigenvalue weighted by atomic mass is 10.3. The molecular weight excluding hydrogens is 449 g/mol. The van der Waals surface area contributed by atoms with Crippen LogP contribution in [0.3, 0.4) is 0 Å². The third-order valence-corrected chi connectivity index (χ3v) is 6.56. The van der Waals surface area contributed by atoms with Gasteiger partial charge in [0.1, 0.15) is 17.2 Å². The molecule has 0 unspecified atom stereocenters. The average Bonchev–Trinajstić information content (AvgIpc) is 3.48. The molecule has 1 aromatic carbocycles. The number of halogens is 1.